The molecule has 0 aliphatic rings. The lowest BCUT2D eigenvalue weighted by Gasteiger charge is -2.21. The van der Waals surface area contributed by atoms with E-state index in [4.69, 9.17) is 4.74 Å². The van der Waals surface area contributed by atoms with Crippen molar-refractivity contribution in [3.63, 3.8) is 0 Å². The van der Waals surface area contributed by atoms with Gasteiger partial charge in [0.2, 0.25) is 0 Å². The van der Waals surface area contributed by atoms with E-state index < -0.39 is 0 Å². The monoisotopic (exact) mass is 255 g/mol. The number of nitrogens with one attached hydrogen (secondary N) is 1. The first-order valence-electron chi connectivity index (χ1n) is 6.69. The molecule has 0 heterocycles. The van der Waals surface area contributed by atoms with Gasteiger partial charge in [0.1, 0.15) is 5.75 Å². The molecule has 0 spiro atoms. The maximum Gasteiger partial charge on any atom is 0.124 e. The molecular weight excluding hydrogens is 234 g/mol. The Bertz CT molecular complexity index is 522. The average Bonchev–Trinajstić information content (AvgIpc) is 2.46. The van der Waals surface area contributed by atoms with E-state index in [2.05, 4.69) is 61.6 Å². The number of ether oxygens (including phenoxy) is 1. The van der Waals surface area contributed by atoms with Crippen molar-refractivity contribution in [1.82, 2.24) is 5.32 Å². The first-order valence-corrected chi connectivity index (χ1v) is 6.69. The van der Waals surface area contributed by atoms with E-state index in [1.54, 1.807) is 7.11 Å². The Kier molecular flexibility index (Phi) is 4.58. The predicted molar refractivity (Wildman–Crippen MR) is 79.7 cm³/mol. The second kappa shape index (κ2) is 6.39. The molecule has 19 heavy (non-hydrogen) atoms. The lowest BCUT2D eigenvalue weighted by molar-refractivity contribution is 0.404. The quantitative estimate of drug-likeness (QED) is 0.879. The molecule has 0 bridgehead atoms. The molecule has 2 rings (SSSR count). The Morgan fingerprint density at radius 2 is 1.84 bits per heavy atom. The standard InChI is InChI=1S/C17H21NO/c1-4-18-17(14-8-6-5-7-9-14)15-11-10-13(2)12-16(15)19-3/h5-12,17-18H,4H2,1-3H3. The summed E-state index contributed by atoms with van der Waals surface area (Å²) >= 11 is 0. The van der Waals surface area contributed by atoms with Crippen molar-refractivity contribution in [2.45, 2.75) is 19.9 Å². The molecule has 100 valence electrons. The largest absolute Gasteiger partial charge is 0.496 e. The highest BCUT2D eigenvalue weighted by atomic mass is 16.5. The summed E-state index contributed by atoms with van der Waals surface area (Å²) in [6.07, 6.45) is 0. The zero-order chi connectivity index (χ0) is 13.7. The molecule has 1 atom stereocenters. The van der Waals surface area contributed by atoms with Gasteiger partial charge in [-0.15, -0.1) is 0 Å². The van der Waals surface area contributed by atoms with Crippen LogP contribution in [0, 0.1) is 6.92 Å². The first kappa shape index (κ1) is 13.6. The number of hydrogen-bond acceptors (Lipinski definition) is 2. The summed E-state index contributed by atoms with van der Waals surface area (Å²) in [6, 6.07) is 17.0. The van der Waals surface area contributed by atoms with Gasteiger partial charge < -0.3 is 10.1 Å². The third-order valence-corrected chi connectivity index (χ3v) is 3.24. The van der Waals surface area contributed by atoms with Gasteiger partial charge in [0.15, 0.2) is 0 Å². The van der Waals surface area contributed by atoms with Crippen molar-refractivity contribution in [3.8, 4) is 5.75 Å². The van der Waals surface area contributed by atoms with Gasteiger partial charge in [-0.2, -0.15) is 0 Å². The molecular formula is C17H21NO. The van der Waals surface area contributed by atoms with Crippen LogP contribution < -0.4 is 10.1 Å². The van der Waals surface area contributed by atoms with E-state index >= 15 is 0 Å². The Morgan fingerprint density at radius 3 is 2.47 bits per heavy atom. The Labute approximate surface area is 115 Å². The molecule has 0 radical (unpaired) electrons. The minimum Gasteiger partial charge on any atom is -0.496 e. The lowest BCUT2D eigenvalue weighted by atomic mass is 9.97. The summed E-state index contributed by atoms with van der Waals surface area (Å²) in [6.45, 7) is 5.12. The van der Waals surface area contributed by atoms with Crippen molar-refractivity contribution >= 4 is 0 Å². The maximum atomic E-state index is 5.53. The van der Waals surface area contributed by atoms with Crippen LogP contribution in [0.2, 0.25) is 0 Å². The van der Waals surface area contributed by atoms with Crippen molar-refractivity contribution in [2.75, 3.05) is 13.7 Å². The van der Waals surface area contributed by atoms with Gasteiger partial charge in [-0.25, -0.2) is 0 Å². The molecule has 0 fully saturated rings. The normalized spacial score (nSPS) is 12.2. The Balaban J connectivity index is 2.45. The van der Waals surface area contributed by atoms with Crippen molar-refractivity contribution in [2.24, 2.45) is 0 Å². The van der Waals surface area contributed by atoms with Gasteiger partial charge in [0, 0.05) is 5.56 Å². The molecule has 1 unspecified atom stereocenters. The number of aryl methyl sites for hydroxylation is 1. The average molecular weight is 255 g/mol. The number of methoxy groups -OCH3 is 1. The molecule has 1 N–H and O–H groups in total. The molecule has 2 aromatic carbocycles. The molecule has 0 saturated heterocycles. The minimum atomic E-state index is 0.168. The van der Waals surface area contributed by atoms with Crippen molar-refractivity contribution in [3.05, 3.63) is 65.2 Å². The molecule has 0 aliphatic carbocycles. The van der Waals surface area contributed by atoms with Crippen LogP contribution in [-0.4, -0.2) is 13.7 Å². The molecule has 0 saturated carbocycles. The highest BCUT2D eigenvalue weighted by Crippen LogP contribution is 2.30. The first-order chi connectivity index (χ1) is 9.26. The lowest BCUT2D eigenvalue weighted by Crippen LogP contribution is -2.22. The SMILES string of the molecule is CCNC(c1ccccc1)c1ccc(C)cc1OC. The number of rotatable bonds is 5. The number of benzene rings is 2. The van der Waals surface area contributed by atoms with E-state index in [9.17, 15) is 0 Å². The fraction of sp³-hybridized carbons (Fsp3) is 0.294. The van der Waals surface area contributed by atoms with Crippen LogP contribution in [0.1, 0.15) is 29.7 Å². The summed E-state index contributed by atoms with van der Waals surface area (Å²) in [7, 11) is 1.73. The van der Waals surface area contributed by atoms with Crippen LogP contribution in [0.4, 0.5) is 0 Å². The van der Waals surface area contributed by atoms with Crippen LogP contribution in [0.25, 0.3) is 0 Å². The summed E-state index contributed by atoms with van der Waals surface area (Å²) in [5.41, 5.74) is 3.65. The molecule has 0 aromatic heterocycles. The van der Waals surface area contributed by atoms with Crippen molar-refractivity contribution < 1.29 is 4.74 Å². The van der Waals surface area contributed by atoms with Crippen LogP contribution in [0.3, 0.4) is 0 Å². The van der Waals surface area contributed by atoms with Gasteiger partial charge >= 0.3 is 0 Å². The van der Waals surface area contributed by atoms with E-state index in [1.165, 1.54) is 16.7 Å². The molecule has 2 nitrogen and oxygen atoms in total. The Morgan fingerprint density at radius 1 is 1.11 bits per heavy atom. The fourth-order valence-electron chi connectivity index (χ4n) is 2.31. The van der Waals surface area contributed by atoms with Crippen LogP contribution >= 0.6 is 0 Å². The topological polar surface area (TPSA) is 21.3 Å². The number of hydrogen-bond donors (Lipinski definition) is 1. The second-order valence-electron chi connectivity index (χ2n) is 4.65. The minimum absolute atomic E-state index is 0.168. The second-order valence-corrected chi connectivity index (χ2v) is 4.65. The maximum absolute atomic E-state index is 5.53. The Hall–Kier alpha value is -1.80. The summed E-state index contributed by atoms with van der Waals surface area (Å²) < 4.78 is 5.53. The van der Waals surface area contributed by atoms with Crippen LogP contribution in [0.15, 0.2) is 48.5 Å². The van der Waals surface area contributed by atoms with Gasteiger partial charge in [0.25, 0.3) is 0 Å². The van der Waals surface area contributed by atoms with Gasteiger partial charge in [-0.05, 0) is 30.7 Å². The van der Waals surface area contributed by atoms with E-state index in [-0.39, 0.29) is 6.04 Å². The van der Waals surface area contributed by atoms with Gasteiger partial charge in [0.05, 0.1) is 13.2 Å². The van der Waals surface area contributed by atoms with Crippen molar-refractivity contribution in [1.29, 1.82) is 0 Å². The predicted octanol–water partition coefficient (Wildman–Crippen LogP) is 3.70. The fourth-order valence-corrected chi connectivity index (χ4v) is 2.31. The van der Waals surface area contributed by atoms with E-state index in [1.807, 2.05) is 6.07 Å². The summed E-state index contributed by atoms with van der Waals surface area (Å²) in [5, 5.41) is 3.53. The van der Waals surface area contributed by atoms with Crippen LogP contribution in [0.5, 0.6) is 5.75 Å². The molecule has 2 heteroatoms. The summed E-state index contributed by atoms with van der Waals surface area (Å²) in [4.78, 5) is 0. The molecule has 0 aliphatic heterocycles. The van der Waals surface area contributed by atoms with E-state index in [0.29, 0.717) is 0 Å². The zero-order valence-electron chi connectivity index (χ0n) is 11.8. The zero-order valence-corrected chi connectivity index (χ0v) is 11.8. The highest BCUT2D eigenvalue weighted by Gasteiger charge is 2.16. The third-order valence-electron chi connectivity index (χ3n) is 3.24. The van der Waals surface area contributed by atoms with Gasteiger partial charge in [-0.3, -0.25) is 0 Å². The summed E-state index contributed by atoms with van der Waals surface area (Å²) in [5.74, 6) is 0.940. The van der Waals surface area contributed by atoms with E-state index in [0.717, 1.165) is 12.3 Å². The van der Waals surface area contributed by atoms with Crippen LogP contribution in [-0.2, 0) is 0 Å². The smallest absolute Gasteiger partial charge is 0.124 e. The molecule has 0 amide bonds. The van der Waals surface area contributed by atoms with Gasteiger partial charge in [-0.1, -0.05) is 49.4 Å². The third kappa shape index (κ3) is 3.15. The molecule has 2 aromatic rings. The highest BCUT2D eigenvalue weighted by molar-refractivity contribution is 5.43.